The van der Waals surface area contributed by atoms with Crippen molar-refractivity contribution in [3.05, 3.63) is 70.8 Å². The molecule has 2 N–H and O–H groups in total. The second kappa shape index (κ2) is 13.0. The summed E-state index contributed by atoms with van der Waals surface area (Å²) in [5, 5.41) is 5.95. The van der Waals surface area contributed by atoms with Crippen LogP contribution < -0.4 is 10.6 Å². The zero-order valence-electron chi connectivity index (χ0n) is 23.6. The number of carbonyl (C=O) groups excluding carboxylic acids is 2. The highest BCUT2D eigenvalue weighted by Gasteiger charge is 2.53. The summed E-state index contributed by atoms with van der Waals surface area (Å²) in [6.45, 7) is 1.88. The van der Waals surface area contributed by atoms with Crippen LogP contribution in [0.1, 0.15) is 67.4 Å². The summed E-state index contributed by atoms with van der Waals surface area (Å²) < 4.78 is 86.9. The molecule has 236 valence electrons. The fourth-order valence-electron chi connectivity index (χ4n) is 5.84. The molecule has 4 atom stereocenters. The molecule has 2 bridgehead atoms. The van der Waals surface area contributed by atoms with E-state index in [-0.39, 0.29) is 43.1 Å². The van der Waals surface area contributed by atoms with E-state index in [1.165, 1.54) is 6.92 Å². The van der Waals surface area contributed by atoms with E-state index >= 15 is 0 Å². The first-order valence-corrected chi connectivity index (χ1v) is 14.6. The van der Waals surface area contributed by atoms with Gasteiger partial charge in [-0.3, -0.25) is 14.5 Å². The van der Waals surface area contributed by atoms with Crippen LogP contribution in [-0.2, 0) is 32.2 Å². The normalized spacial score (nSPS) is 24.7. The number of benzene rings is 2. The molecule has 2 heterocycles. The van der Waals surface area contributed by atoms with E-state index < -0.39 is 40.7 Å². The quantitative estimate of drug-likeness (QED) is 0.176. The monoisotopic (exact) mass is 633 g/mol. The van der Waals surface area contributed by atoms with Crippen molar-refractivity contribution in [3.8, 4) is 0 Å². The summed E-state index contributed by atoms with van der Waals surface area (Å²) in [7, 11) is 0. The Morgan fingerprint density at radius 2 is 1.70 bits per heavy atom. The third kappa shape index (κ3) is 7.82. The van der Waals surface area contributed by atoms with Crippen LogP contribution in [0.4, 0.5) is 26.3 Å². The number of ether oxygens (including phenoxy) is 1. The van der Waals surface area contributed by atoms with Crippen LogP contribution in [0.3, 0.4) is 0 Å². The standard InChI is InChI=1S/C30H34ClF6N3O3/c1-20(21-13-23(29(32,33)34)15-24(14-21)30(35,36)37)43-19-28(22-7-3-2-4-8-22)11-10-27(18-40(28)16-26(42)39-27)17-38-25(41)9-5-6-12-31/h2-4,7-8,13-15,20H,5-6,9-12,16-19H2,1H3,(H,38,41)(H,39,42)/t20-,27+,28-/m1/s1. The number of piperazine rings is 1. The molecule has 0 aliphatic carbocycles. The van der Waals surface area contributed by atoms with E-state index in [4.69, 9.17) is 16.3 Å². The topological polar surface area (TPSA) is 70.7 Å². The smallest absolute Gasteiger partial charge is 0.372 e. The highest BCUT2D eigenvalue weighted by atomic mass is 35.5. The number of nitrogens with one attached hydrogen (secondary N) is 2. The van der Waals surface area contributed by atoms with Gasteiger partial charge in [-0.2, -0.15) is 26.3 Å². The van der Waals surface area contributed by atoms with Crippen molar-refractivity contribution in [3.63, 3.8) is 0 Å². The molecule has 2 aliphatic heterocycles. The summed E-state index contributed by atoms with van der Waals surface area (Å²) in [6, 6.07) is 10.6. The number of carbonyl (C=O) groups is 2. The van der Waals surface area contributed by atoms with Crippen molar-refractivity contribution in [1.82, 2.24) is 15.5 Å². The molecule has 2 amide bonds. The fraction of sp³-hybridized carbons (Fsp3) is 0.533. The van der Waals surface area contributed by atoms with E-state index in [2.05, 4.69) is 10.6 Å². The minimum Gasteiger partial charge on any atom is -0.372 e. The van der Waals surface area contributed by atoms with Crippen LogP contribution in [0.2, 0.25) is 0 Å². The SMILES string of the molecule is C[C@@H](OC[C@@]1(c2ccccc2)CC[C@]2(CNC(=O)CCCCCl)CN1CC(=O)N2)c1cc(C(F)(F)F)cc(C(F)(F)F)c1. The van der Waals surface area contributed by atoms with E-state index in [1.54, 1.807) is 0 Å². The first-order chi connectivity index (χ1) is 20.2. The Balaban J connectivity index is 1.59. The van der Waals surface area contributed by atoms with Crippen LogP contribution in [0.5, 0.6) is 0 Å². The Labute approximate surface area is 251 Å². The van der Waals surface area contributed by atoms with Crippen molar-refractivity contribution >= 4 is 23.4 Å². The lowest BCUT2D eigenvalue weighted by molar-refractivity contribution is -0.144. The molecule has 2 fully saturated rings. The number of unbranched alkanes of at least 4 members (excludes halogenated alkanes) is 1. The Kier molecular flexibility index (Phi) is 10.0. The van der Waals surface area contributed by atoms with Crippen molar-refractivity contribution in [1.29, 1.82) is 0 Å². The van der Waals surface area contributed by atoms with Crippen molar-refractivity contribution in [2.45, 2.75) is 68.6 Å². The van der Waals surface area contributed by atoms with Gasteiger partial charge in [0, 0.05) is 25.4 Å². The van der Waals surface area contributed by atoms with E-state index in [0.29, 0.717) is 56.7 Å². The average Bonchev–Trinajstić information content (AvgIpc) is 2.95. The predicted octanol–water partition coefficient (Wildman–Crippen LogP) is 6.19. The van der Waals surface area contributed by atoms with Gasteiger partial charge >= 0.3 is 12.4 Å². The van der Waals surface area contributed by atoms with Gasteiger partial charge in [0.2, 0.25) is 11.8 Å². The molecule has 2 aromatic carbocycles. The second-order valence-corrected chi connectivity index (χ2v) is 11.7. The van der Waals surface area contributed by atoms with Crippen LogP contribution >= 0.6 is 11.6 Å². The summed E-state index contributed by atoms with van der Waals surface area (Å²) in [5.74, 6) is 0.0486. The number of hydrogen-bond acceptors (Lipinski definition) is 4. The Morgan fingerprint density at radius 3 is 2.30 bits per heavy atom. The van der Waals surface area contributed by atoms with Crippen molar-refractivity contribution < 1.29 is 40.7 Å². The first-order valence-electron chi connectivity index (χ1n) is 14.0. The van der Waals surface area contributed by atoms with Crippen LogP contribution in [-0.4, -0.2) is 54.4 Å². The number of piperidine rings is 1. The Bertz CT molecular complexity index is 1260. The molecular formula is C30H34ClF6N3O3. The zero-order valence-corrected chi connectivity index (χ0v) is 24.3. The molecule has 1 unspecified atom stereocenters. The highest BCUT2D eigenvalue weighted by Crippen LogP contribution is 2.44. The molecule has 2 aliphatic rings. The molecule has 0 spiro atoms. The molecular weight excluding hydrogens is 600 g/mol. The number of halogens is 7. The third-order valence-corrected chi connectivity index (χ3v) is 8.50. The van der Waals surface area contributed by atoms with Crippen molar-refractivity contribution in [2.75, 3.05) is 32.1 Å². The van der Waals surface area contributed by atoms with Crippen molar-refractivity contribution in [2.24, 2.45) is 0 Å². The van der Waals surface area contributed by atoms with Gasteiger partial charge in [0.05, 0.1) is 41.5 Å². The lowest BCUT2D eigenvalue weighted by atomic mass is 9.73. The van der Waals surface area contributed by atoms with E-state index in [9.17, 15) is 35.9 Å². The van der Waals surface area contributed by atoms with Crippen LogP contribution in [0, 0.1) is 0 Å². The molecule has 0 saturated carbocycles. The molecule has 43 heavy (non-hydrogen) atoms. The van der Waals surface area contributed by atoms with Gasteiger partial charge < -0.3 is 15.4 Å². The maximum absolute atomic E-state index is 13.5. The van der Waals surface area contributed by atoms with Gasteiger partial charge in [-0.25, -0.2) is 0 Å². The minimum absolute atomic E-state index is 0.000164. The number of fused-ring (bicyclic) bond motifs is 2. The van der Waals surface area contributed by atoms with Crippen LogP contribution in [0.15, 0.2) is 48.5 Å². The summed E-state index contributed by atoms with van der Waals surface area (Å²) in [4.78, 5) is 27.3. The average molecular weight is 634 g/mol. The minimum atomic E-state index is -4.98. The third-order valence-electron chi connectivity index (χ3n) is 8.23. The lowest BCUT2D eigenvalue weighted by Gasteiger charge is -2.57. The van der Waals surface area contributed by atoms with Gasteiger partial charge in [-0.1, -0.05) is 30.3 Å². The molecule has 2 aromatic rings. The molecule has 13 heteroatoms. The number of alkyl halides is 7. The number of amides is 2. The first kappa shape index (κ1) is 33.1. The summed E-state index contributed by atoms with van der Waals surface area (Å²) >= 11 is 5.69. The molecule has 0 radical (unpaired) electrons. The number of rotatable bonds is 11. The van der Waals surface area contributed by atoms with Gasteiger partial charge in [-0.15, -0.1) is 11.6 Å². The summed E-state index contributed by atoms with van der Waals surface area (Å²) in [5.41, 5.74) is -3.92. The van der Waals surface area contributed by atoms with Gasteiger partial charge in [-0.05, 0) is 61.9 Å². The number of hydrogen-bond donors (Lipinski definition) is 2. The molecule has 0 aromatic heterocycles. The zero-order chi connectivity index (χ0) is 31.5. The van der Waals surface area contributed by atoms with Gasteiger partial charge in [0.1, 0.15) is 0 Å². The van der Waals surface area contributed by atoms with Gasteiger partial charge in [0.15, 0.2) is 0 Å². The second-order valence-electron chi connectivity index (χ2n) is 11.3. The van der Waals surface area contributed by atoms with E-state index in [0.717, 1.165) is 5.56 Å². The number of nitrogens with zero attached hydrogens (tertiary/aromatic N) is 1. The highest BCUT2D eigenvalue weighted by molar-refractivity contribution is 6.17. The van der Waals surface area contributed by atoms with Crippen LogP contribution in [0.25, 0.3) is 0 Å². The molecule has 6 nitrogen and oxygen atoms in total. The Morgan fingerprint density at radius 1 is 1.05 bits per heavy atom. The maximum atomic E-state index is 13.5. The maximum Gasteiger partial charge on any atom is 0.416 e. The Hall–Kier alpha value is -2.83. The predicted molar refractivity (Wildman–Crippen MR) is 148 cm³/mol. The molecule has 4 rings (SSSR count). The summed E-state index contributed by atoms with van der Waals surface area (Å²) in [6.07, 6.45) is -8.52. The van der Waals surface area contributed by atoms with Gasteiger partial charge in [0.25, 0.3) is 0 Å². The van der Waals surface area contributed by atoms with E-state index in [1.807, 2.05) is 35.2 Å². The molecule has 2 saturated heterocycles. The fourth-order valence-corrected chi connectivity index (χ4v) is 6.03. The largest absolute Gasteiger partial charge is 0.416 e. The lowest BCUT2D eigenvalue weighted by Crippen LogP contribution is -2.74.